The van der Waals surface area contributed by atoms with Crippen molar-refractivity contribution in [3.8, 4) is 0 Å². The highest BCUT2D eigenvalue weighted by atomic mass is 79.9. The topological polar surface area (TPSA) is 39.2 Å². The van der Waals surface area contributed by atoms with Crippen molar-refractivity contribution in [1.82, 2.24) is 0 Å². The molecule has 0 aliphatic heterocycles. The number of furan rings is 1. The lowest BCUT2D eigenvalue weighted by Crippen LogP contribution is -1.92. The molecule has 0 amide bonds. The Hall–Kier alpha value is -0.800. The standard InChI is InChI=1S/C12H14BrNO/c1-7(2)8-3-9-4-10(6-14)15-12(9)11(13)5-8/h3-5,7H,6,14H2,1-2H3. The Bertz CT molecular complexity index is 488. The third-order valence-electron chi connectivity index (χ3n) is 2.51. The molecule has 2 N–H and O–H groups in total. The molecule has 0 unspecified atom stereocenters. The summed E-state index contributed by atoms with van der Waals surface area (Å²) in [6, 6.07) is 6.27. The predicted molar refractivity (Wildman–Crippen MR) is 65.9 cm³/mol. The first kappa shape index (κ1) is 10.7. The summed E-state index contributed by atoms with van der Waals surface area (Å²) in [7, 11) is 0. The maximum atomic E-state index is 5.61. The van der Waals surface area contributed by atoms with Gasteiger partial charge >= 0.3 is 0 Å². The summed E-state index contributed by atoms with van der Waals surface area (Å²) in [5.41, 5.74) is 7.75. The number of fused-ring (bicyclic) bond motifs is 1. The smallest absolute Gasteiger partial charge is 0.148 e. The Morgan fingerprint density at radius 1 is 1.33 bits per heavy atom. The van der Waals surface area contributed by atoms with Gasteiger partial charge in [0, 0.05) is 5.39 Å². The molecule has 0 atom stereocenters. The van der Waals surface area contributed by atoms with Crippen LogP contribution in [0.3, 0.4) is 0 Å². The van der Waals surface area contributed by atoms with Crippen LogP contribution in [0.5, 0.6) is 0 Å². The van der Waals surface area contributed by atoms with Crippen LogP contribution in [0.1, 0.15) is 31.1 Å². The van der Waals surface area contributed by atoms with Gasteiger partial charge in [-0.25, -0.2) is 0 Å². The summed E-state index contributed by atoms with van der Waals surface area (Å²) in [6.07, 6.45) is 0. The molecule has 1 aromatic carbocycles. The fourth-order valence-corrected chi connectivity index (χ4v) is 2.19. The minimum absolute atomic E-state index is 0.443. The molecule has 0 saturated heterocycles. The number of nitrogens with two attached hydrogens (primary N) is 1. The lowest BCUT2D eigenvalue weighted by molar-refractivity contribution is 0.551. The van der Waals surface area contributed by atoms with Crippen LogP contribution in [0, 0.1) is 0 Å². The van der Waals surface area contributed by atoms with Crippen molar-refractivity contribution in [1.29, 1.82) is 0 Å². The van der Waals surface area contributed by atoms with Gasteiger partial charge in [-0.2, -0.15) is 0 Å². The van der Waals surface area contributed by atoms with Crippen LogP contribution < -0.4 is 5.73 Å². The zero-order valence-electron chi connectivity index (χ0n) is 8.88. The summed E-state index contributed by atoms with van der Waals surface area (Å²) in [5, 5.41) is 1.12. The van der Waals surface area contributed by atoms with Gasteiger partial charge in [-0.1, -0.05) is 13.8 Å². The van der Waals surface area contributed by atoms with E-state index in [0.717, 1.165) is 21.2 Å². The Labute approximate surface area is 97.6 Å². The number of benzene rings is 1. The van der Waals surface area contributed by atoms with Gasteiger partial charge in [0.1, 0.15) is 11.3 Å². The quantitative estimate of drug-likeness (QED) is 0.900. The van der Waals surface area contributed by atoms with E-state index in [-0.39, 0.29) is 0 Å². The maximum absolute atomic E-state index is 5.61. The molecule has 1 heterocycles. The highest BCUT2D eigenvalue weighted by Crippen LogP contribution is 2.31. The zero-order valence-corrected chi connectivity index (χ0v) is 10.5. The van der Waals surface area contributed by atoms with Gasteiger partial charge in [0.05, 0.1) is 11.0 Å². The second-order valence-corrected chi connectivity index (χ2v) is 4.85. The van der Waals surface area contributed by atoms with Crippen LogP contribution in [0.4, 0.5) is 0 Å². The first-order valence-corrected chi connectivity index (χ1v) is 5.83. The van der Waals surface area contributed by atoms with E-state index < -0.39 is 0 Å². The van der Waals surface area contributed by atoms with Gasteiger partial charge in [-0.15, -0.1) is 0 Å². The SMILES string of the molecule is CC(C)c1cc(Br)c2oc(CN)cc2c1. The largest absolute Gasteiger partial charge is 0.459 e. The van der Waals surface area contributed by atoms with Crippen molar-refractivity contribution in [2.75, 3.05) is 0 Å². The van der Waals surface area contributed by atoms with Crippen molar-refractivity contribution < 1.29 is 4.42 Å². The third kappa shape index (κ3) is 1.94. The fourth-order valence-electron chi connectivity index (χ4n) is 1.62. The Kier molecular flexibility index (Phi) is 2.85. The molecule has 0 fully saturated rings. The van der Waals surface area contributed by atoms with Gasteiger partial charge in [0.15, 0.2) is 0 Å². The van der Waals surface area contributed by atoms with Gasteiger partial charge in [0.25, 0.3) is 0 Å². The third-order valence-corrected chi connectivity index (χ3v) is 3.10. The second kappa shape index (κ2) is 3.99. The number of halogens is 1. The van der Waals surface area contributed by atoms with E-state index in [0.29, 0.717) is 12.5 Å². The molecule has 0 aliphatic rings. The highest BCUT2D eigenvalue weighted by Gasteiger charge is 2.09. The molecule has 2 rings (SSSR count). The lowest BCUT2D eigenvalue weighted by atomic mass is 10.0. The summed E-state index contributed by atoms with van der Waals surface area (Å²) in [5.74, 6) is 1.34. The molecule has 0 aliphatic carbocycles. The first-order chi connectivity index (χ1) is 7.11. The molecular weight excluding hydrogens is 254 g/mol. The molecule has 80 valence electrons. The average Bonchev–Trinajstić information content (AvgIpc) is 2.61. The van der Waals surface area contributed by atoms with E-state index in [4.69, 9.17) is 10.2 Å². The molecular formula is C12H14BrNO. The molecule has 0 spiro atoms. The summed E-state index contributed by atoms with van der Waals surface area (Å²) in [4.78, 5) is 0. The van der Waals surface area contributed by atoms with Crippen LogP contribution >= 0.6 is 15.9 Å². The van der Waals surface area contributed by atoms with E-state index in [2.05, 4.69) is 41.9 Å². The van der Waals surface area contributed by atoms with Gasteiger partial charge in [0.2, 0.25) is 0 Å². The lowest BCUT2D eigenvalue weighted by Gasteiger charge is -2.05. The predicted octanol–water partition coefficient (Wildman–Crippen LogP) is 3.78. The van der Waals surface area contributed by atoms with E-state index in [9.17, 15) is 0 Å². The molecule has 0 saturated carbocycles. The summed E-state index contributed by atoms with van der Waals surface area (Å²) in [6.45, 7) is 4.80. The van der Waals surface area contributed by atoms with Crippen LogP contribution in [0.2, 0.25) is 0 Å². The van der Waals surface area contributed by atoms with Gasteiger partial charge in [-0.3, -0.25) is 0 Å². The zero-order chi connectivity index (χ0) is 11.0. The summed E-state index contributed by atoms with van der Waals surface area (Å²) >= 11 is 3.52. The number of hydrogen-bond acceptors (Lipinski definition) is 2. The van der Waals surface area contributed by atoms with Crippen molar-refractivity contribution in [3.63, 3.8) is 0 Å². The van der Waals surface area contributed by atoms with Crippen LogP contribution in [0.15, 0.2) is 27.1 Å². The molecule has 3 heteroatoms. The average molecular weight is 268 g/mol. The number of hydrogen-bond donors (Lipinski definition) is 1. The monoisotopic (exact) mass is 267 g/mol. The number of rotatable bonds is 2. The van der Waals surface area contributed by atoms with E-state index in [1.807, 2.05) is 6.07 Å². The van der Waals surface area contributed by atoms with E-state index in [1.165, 1.54) is 5.56 Å². The minimum atomic E-state index is 0.443. The van der Waals surface area contributed by atoms with Crippen LogP contribution in [-0.4, -0.2) is 0 Å². The molecule has 2 nitrogen and oxygen atoms in total. The maximum Gasteiger partial charge on any atom is 0.148 e. The minimum Gasteiger partial charge on any atom is -0.459 e. The van der Waals surface area contributed by atoms with Crippen molar-refractivity contribution in [2.24, 2.45) is 5.73 Å². The van der Waals surface area contributed by atoms with Crippen molar-refractivity contribution in [3.05, 3.63) is 34.0 Å². The summed E-state index contributed by atoms with van der Waals surface area (Å²) < 4.78 is 6.61. The molecule has 15 heavy (non-hydrogen) atoms. The molecule has 0 radical (unpaired) electrons. The second-order valence-electron chi connectivity index (χ2n) is 3.99. The van der Waals surface area contributed by atoms with E-state index in [1.54, 1.807) is 0 Å². The van der Waals surface area contributed by atoms with Crippen molar-refractivity contribution in [2.45, 2.75) is 26.3 Å². The Balaban J connectivity index is 2.65. The van der Waals surface area contributed by atoms with Gasteiger partial charge in [-0.05, 0) is 45.6 Å². The molecule has 1 aromatic heterocycles. The Morgan fingerprint density at radius 2 is 2.07 bits per heavy atom. The van der Waals surface area contributed by atoms with E-state index >= 15 is 0 Å². The highest BCUT2D eigenvalue weighted by molar-refractivity contribution is 9.10. The van der Waals surface area contributed by atoms with Crippen molar-refractivity contribution >= 4 is 26.9 Å². The first-order valence-electron chi connectivity index (χ1n) is 5.03. The van der Waals surface area contributed by atoms with Gasteiger partial charge < -0.3 is 10.2 Å². The van der Waals surface area contributed by atoms with Crippen LogP contribution in [-0.2, 0) is 6.54 Å². The fraction of sp³-hybridized carbons (Fsp3) is 0.333. The normalized spacial score (nSPS) is 11.5. The van der Waals surface area contributed by atoms with Crippen LogP contribution in [0.25, 0.3) is 11.0 Å². The molecule has 2 aromatic rings. The molecule has 0 bridgehead atoms. The Morgan fingerprint density at radius 3 is 2.67 bits per heavy atom.